The third-order valence-electron chi connectivity index (χ3n) is 5.87. The van der Waals surface area contributed by atoms with Crippen molar-refractivity contribution in [3.05, 3.63) is 63.6 Å². The van der Waals surface area contributed by atoms with Gasteiger partial charge in [0.1, 0.15) is 0 Å². The van der Waals surface area contributed by atoms with Crippen LogP contribution in [0.2, 0.25) is 0 Å². The number of amides is 2. The van der Waals surface area contributed by atoms with Gasteiger partial charge in [-0.3, -0.25) is 4.79 Å². The van der Waals surface area contributed by atoms with E-state index in [9.17, 15) is 9.59 Å². The summed E-state index contributed by atoms with van der Waals surface area (Å²) in [6.07, 6.45) is 2.34. The largest absolute Gasteiger partial charge is 0.450 e. The van der Waals surface area contributed by atoms with Crippen molar-refractivity contribution in [2.45, 2.75) is 45.6 Å². The van der Waals surface area contributed by atoms with Gasteiger partial charge in [0.15, 0.2) is 0 Å². The Balaban J connectivity index is 1.33. The summed E-state index contributed by atoms with van der Waals surface area (Å²) in [6.45, 7) is 5.38. The van der Waals surface area contributed by atoms with Crippen molar-refractivity contribution in [2.75, 3.05) is 19.7 Å². The van der Waals surface area contributed by atoms with E-state index < -0.39 is 0 Å². The third-order valence-corrected chi connectivity index (χ3v) is 7.02. The van der Waals surface area contributed by atoms with Crippen LogP contribution in [0.3, 0.4) is 0 Å². The van der Waals surface area contributed by atoms with Crippen molar-refractivity contribution in [3.8, 4) is 0 Å². The average Bonchev–Trinajstić information content (AvgIpc) is 3.13. The summed E-state index contributed by atoms with van der Waals surface area (Å²) >= 11 is 1.62. The Bertz CT molecular complexity index is 1100. The first-order chi connectivity index (χ1) is 15.5. The zero-order valence-corrected chi connectivity index (χ0v) is 19.4. The molecule has 168 valence electrons. The number of ether oxygens (including phenoxy) is 1. The maximum atomic E-state index is 12.7. The highest BCUT2D eigenvalue weighted by molar-refractivity contribution is 7.11. The highest BCUT2D eigenvalue weighted by atomic mass is 32.1. The van der Waals surface area contributed by atoms with Crippen LogP contribution in [0.4, 0.5) is 4.79 Å². The number of likely N-dealkylation sites (tertiary alicyclic amines) is 1. The van der Waals surface area contributed by atoms with E-state index in [0.717, 1.165) is 34.8 Å². The standard InChI is InChI=1S/C25H29N3O3S/c1-3-31-25(30)28-13-11-20(12-14-28)27-23(29)16-22-17(2)26-24(32-22)15-19-9-6-8-18-7-4-5-10-21(18)19/h4-10,20H,3,11-16H2,1-2H3,(H,27,29). The molecule has 0 aliphatic carbocycles. The summed E-state index contributed by atoms with van der Waals surface area (Å²) in [5.74, 6) is 0.0167. The third kappa shape index (κ3) is 5.27. The molecule has 1 saturated heterocycles. The molecule has 3 aromatic rings. The molecule has 6 nitrogen and oxygen atoms in total. The summed E-state index contributed by atoms with van der Waals surface area (Å²) in [4.78, 5) is 31.9. The van der Waals surface area contributed by atoms with E-state index in [1.54, 1.807) is 23.2 Å². The minimum absolute atomic E-state index is 0.0167. The highest BCUT2D eigenvalue weighted by Crippen LogP contribution is 2.25. The smallest absolute Gasteiger partial charge is 0.409 e. The monoisotopic (exact) mass is 451 g/mol. The van der Waals surface area contributed by atoms with Crippen LogP contribution in [0.1, 0.15) is 40.9 Å². The molecule has 7 heteroatoms. The lowest BCUT2D eigenvalue weighted by Crippen LogP contribution is -2.47. The summed E-state index contributed by atoms with van der Waals surface area (Å²) in [5.41, 5.74) is 2.18. The molecule has 2 amide bonds. The number of nitrogens with zero attached hydrogens (tertiary/aromatic N) is 2. The number of fused-ring (bicyclic) bond motifs is 1. The maximum Gasteiger partial charge on any atom is 0.409 e. The van der Waals surface area contributed by atoms with Crippen molar-refractivity contribution < 1.29 is 14.3 Å². The second-order valence-electron chi connectivity index (χ2n) is 8.14. The molecule has 0 bridgehead atoms. The number of aryl methyl sites for hydroxylation is 1. The number of rotatable bonds is 6. The zero-order chi connectivity index (χ0) is 22.5. The summed E-state index contributed by atoms with van der Waals surface area (Å²) in [7, 11) is 0. The predicted octanol–water partition coefficient (Wildman–Crippen LogP) is 4.48. The first kappa shape index (κ1) is 22.3. The number of hydrogen-bond donors (Lipinski definition) is 1. The van der Waals surface area contributed by atoms with Crippen LogP contribution in [0.25, 0.3) is 10.8 Å². The molecular formula is C25H29N3O3S. The second kappa shape index (κ2) is 10.1. The Kier molecular flexibility index (Phi) is 7.05. The van der Waals surface area contributed by atoms with Gasteiger partial charge < -0.3 is 15.0 Å². The Morgan fingerprint density at radius 1 is 1.16 bits per heavy atom. The van der Waals surface area contributed by atoms with Crippen LogP contribution in [-0.2, 0) is 22.4 Å². The number of benzene rings is 2. The predicted molar refractivity (Wildman–Crippen MR) is 127 cm³/mol. The van der Waals surface area contributed by atoms with Crippen LogP contribution in [0.15, 0.2) is 42.5 Å². The normalized spacial score (nSPS) is 14.5. The Morgan fingerprint density at radius 3 is 2.69 bits per heavy atom. The fourth-order valence-corrected chi connectivity index (χ4v) is 5.27. The lowest BCUT2D eigenvalue weighted by Gasteiger charge is -2.31. The molecular weight excluding hydrogens is 422 g/mol. The van der Waals surface area contributed by atoms with E-state index >= 15 is 0 Å². The van der Waals surface area contributed by atoms with Crippen molar-refractivity contribution in [2.24, 2.45) is 0 Å². The van der Waals surface area contributed by atoms with Gasteiger partial charge in [0.2, 0.25) is 5.91 Å². The van der Waals surface area contributed by atoms with Gasteiger partial charge in [0.05, 0.1) is 23.7 Å². The van der Waals surface area contributed by atoms with Crippen molar-refractivity contribution in [3.63, 3.8) is 0 Å². The minimum atomic E-state index is -0.267. The molecule has 0 spiro atoms. The van der Waals surface area contributed by atoms with Crippen LogP contribution in [-0.4, -0.2) is 47.6 Å². The van der Waals surface area contributed by atoms with E-state index in [0.29, 0.717) is 26.1 Å². The SMILES string of the molecule is CCOC(=O)N1CCC(NC(=O)Cc2sc(Cc3cccc4ccccc34)nc2C)CC1. The van der Waals surface area contributed by atoms with Gasteiger partial charge in [-0.05, 0) is 43.0 Å². The van der Waals surface area contributed by atoms with Gasteiger partial charge in [0, 0.05) is 30.4 Å². The number of hydrogen-bond acceptors (Lipinski definition) is 5. The Morgan fingerprint density at radius 2 is 1.91 bits per heavy atom. The molecule has 1 aliphatic heterocycles. The van der Waals surface area contributed by atoms with Gasteiger partial charge in [-0.15, -0.1) is 11.3 Å². The molecule has 1 aliphatic rings. The number of carbonyl (C=O) groups is 2. The first-order valence-corrected chi connectivity index (χ1v) is 12.0. The van der Waals surface area contributed by atoms with E-state index in [2.05, 4.69) is 47.8 Å². The molecule has 1 N–H and O–H groups in total. The molecule has 32 heavy (non-hydrogen) atoms. The number of aromatic nitrogens is 1. The summed E-state index contributed by atoms with van der Waals surface area (Å²) in [6, 6.07) is 14.8. The molecule has 1 aromatic heterocycles. The summed E-state index contributed by atoms with van der Waals surface area (Å²) in [5, 5.41) is 6.64. The number of piperidine rings is 1. The molecule has 4 rings (SSSR count). The molecule has 1 fully saturated rings. The van der Waals surface area contributed by atoms with Gasteiger partial charge in [0.25, 0.3) is 0 Å². The quantitative estimate of drug-likeness (QED) is 0.600. The van der Waals surface area contributed by atoms with Gasteiger partial charge in [-0.25, -0.2) is 9.78 Å². The summed E-state index contributed by atoms with van der Waals surface area (Å²) < 4.78 is 5.05. The van der Waals surface area contributed by atoms with Crippen molar-refractivity contribution in [1.82, 2.24) is 15.2 Å². The second-order valence-corrected chi connectivity index (χ2v) is 9.30. The van der Waals surface area contributed by atoms with Gasteiger partial charge in [-0.2, -0.15) is 0 Å². The molecule has 0 unspecified atom stereocenters. The lowest BCUT2D eigenvalue weighted by atomic mass is 10.0. The maximum absolute atomic E-state index is 12.7. The highest BCUT2D eigenvalue weighted by Gasteiger charge is 2.25. The number of carbonyl (C=O) groups excluding carboxylic acids is 2. The number of thiazole rings is 1. The average molecular weight is 452 g/mol. The number of nitrogens with one attached hydrogen (secondary N) is 1. The van der Waals surface area contributed by atoms with Crippen LogP contribution in [0.5, 0.6) is 0 Å². The van der Waals surface area contributed by atoms with Crippen LogP contribution >= 0.6 is 11.3 Å². The molecule has 2 aromatic carbocycles. The fraction of sp³-hybridized carbons (Fsp3) is 0.400. The van der Waals surface area contributed by atoms with E-state index in [1.165, 1.54) is 16.3 Å². The molecule has 0 saturated carbocycles. The Labute approximate surface area is 192 Å². The molecule has 2 heterocycles. The topological polar surface area (TPSA) is 71.5 Å². The Hall–Kier alpha value is -2.93. The van der Waals surface area contributed by atoms with Crippen molar-refractivity contribution in [1.29, 1.82) is 0 Å². The molecule has 0 atom stereocenters. The van der Waals surface area contributed by atoms with E-state index in [4.69, 9.17) is 9.72 Å². The molecule has 0 radical (unpaired) electrons. The fourth-order valence-electron chi connectivity index (χ4n) is 4.18. The van der Waals surface area contributed by atoms with Crippen LogP contribution < -0.4 is 5.32 Å². The van der Waals surface area contributed by atoms with E-state index in [-0.39, 0.29) is 18.0 Å². The first-order valence-electron chi connectivity index (χ1n) is 11.2. The van der Waals surface area contributed by atoms with Crippen LogP contribution in [0, 0.1) is 6.92 Å². The van der Waals surface area contributed by atoms with Gasteiger partial charge >= 0.3 is 6.09 Å². The minimum Gasteiger partial charge on any atom is -0.450 e. The van der Waals surface area contributed by atoms with Gasteiger partial charge in [-0.1, -0.05) is 42.5 Å². The van der Waals surface area contributed by atoms with Crippen molar-refractivity contribution >= 4 is 34.1 Å². The van der Waals surface area contributed by atoms with E-state index in [1.807, 2.05) is 6.92 Å². The zero-order valence-electron chi connectivity index (χ0n) is 18.6. The lowest BCUT2D eigenvalue weighted by molar-refractivity contribution is -0.121.